The number of rotatable bonds is 5. The van der Waals surface area contributed by atoms with Crippen LogP contribution in [-0.2, 0) is 16.6 Å². The van der Waals surface area contributed by atoms with Gasteiger partial charge in [0.2, 0.25) is 0 Å². The first-order chi connectivity index (χ1) is 16.4. The molecule has 2 N–H and O–H groups in total. The molecule has 5 nitrogen and oxygen atoms in total. The lowest BCUT2D eigenvalue weighted by Gasteiger charge is -2.75. The summed E-state index contributed by atoms with van der Waals surface area (Å²) in [6, 6.07) is 4.44. The maximum Gasteiger partial charge on any atom is 0.164 e. The average Bonchev–Trinajstić information content (AvgIpc) is 3.63. The molecule has 194 valence electrons. The summed E-state index contributed by atoms with van der Waals surface area (Å²) in [7, 11) is 3.57. The van der Waals surface area contributed by atoms with Crippen molar-refractivity contribution in [3.8, 4) is 11.5 Å². The highest BCUT2D eigenvalue weighted by Crippen LogP contribution is 2.75. The first-order valence-electron chi connectivity index (χ1n) is 13.9. The topological polar surface area (TPSA) is 62.2 Å². The third-order valence-corrected chi connectivity index (χ3v) is 11.8. The number of phenols is 1. The number of fused-ring (bicyclic) bond motifs is 3. The first kappa shape index (κ1) is 24.1. The molecular formula is C30H45NO4. The molecule has 1 aliphatic heterocycles. The zero-order valence-corrected chi connectivity index (χ0v) is 22.6. The van der Waals surface area contributed by atoms with Crippen LogP contribution in [0.1, 0.15) is 83.8 Å². The van der Waals surface area contributed by atoms with Gasteiger partial charge in [0.25, 0.3) is 0 Å². The van der Waals surface area contributed by atoms with Gasteiger partial charge in [-0.25, -0.2) is 0 Å². The summed E-state index contributed by atoms with van der Waals surface area (Å²) in [5.41, 5.74) is 1.05. The minimum absolute atomic E-state index is 0.0500. The molecule has 7 rings (SSSR count). The third-order valence-electron chi connectivity index (χ3n) is 11.8. The minimum Gasteiger partial charge on any atom is -0.504 e. The molecule has 6 aliphatic rings. The van der Waals surface area contributed by atoms with Crippen LogP contribution >= 0.6 is 0 Å². The number of benzene rings is 1. The van der Waals surface area contributed by atoms with E-state index >= 15 is 0 Å². The van der Waals surface area contributed by atoms with Gasteiger partial charge in [0.1, 0.15) is 0 Å². The number of hydrogen-bond acceptors (Lipinski definition) is 5. The Morgan fingerprint density at radius 3 is 2.46 bits per heavy atom. The number of nitrogens with zero attached hydrogens (tertiary/aromatic N) is 1. The van der Waals surface area contributed by atoms with Crippen molar-refractivity contribution < 1.29 is 19.7 Å². The molecule has 5 heteroatoms. The molecule has 5 fully saturated rings. The Balaban J connectivity index is 1.57. The second-order valence-corrected chi connectivity index (χ2v) is 13.9. The molecule has 1 aromatic rings. The number of piperidine rings is 1. The van der Waals surface area contributed by atoms with E-state index in [0.29, 0.717) is 11.8 Å². The van der Waals surface area contributed by atoms with Gasteiger partial charge in [-0.1, -0.05) is 26.8 Å². The zero-order chi connectivity index (χ0) is 25.0. The largest absolute Gasteiger partial charge is 0.504 e. The summed E-state index contributed by atoms with van der Waals surface area (Å²) < 4.78 is 12.5. The molecule has 1 saturated heterocycles. The molecule has 0 radical (unpaired) electrons. The number of ether oxygens (including phenoxy) is 2. The van der Waals surface area contributed by atoms with E-state index in [1.807, 2.05) is 13.2 Å². The Hall–Kier alpha value is -1.30. The van der Waals surface area contributed by atoms with Crippen LogP contribution in [-0.4, -0.2) is 59.7 Å². The van der Waals surface area contributed by atoms with Gasteiger partial charge in [-0.3, -0.25) is 4.90 Å². The summed E-state index contributed by atoms with van der Waals surface area (Å²) >= 11 is 0. The number of hydrogen-bond donors (Lipinski definition) is 2. The molecule has 0 amide bonds. The lowest BCUT2D eigenvalue weighted by molar-refractivity contribution is -0.282. The Kier molecular flexibility index (Phi) is 5.08. The second-order valence-electron chi connectivity index (χ2n) is 13.9. The highest BCUT2D eigenvalue weighted by Gasteiger charge is 2.75. The van der Waals surface area contributed by atoms with Crippen molar-refractivity contribution in [2.45, 2.75) is 102 Å². The molecule has 1 spiro atoms. The highest BCUT2D eigenvalue weighted by atomic mass is 16.5. The maximum absolute atomic E-state index is 12.1. The van der Waals surface area contributed by atoms with E-state index in [1.165, 1.54) is 30.5 Å². The van der Waals surface area contributed by atoms with E-state index < -0.39 is 5.60 Å². The molecule has 0 unspecified atom stereocenters. The Morgan fingerprint density at radius 2 is 1.83 bits per heavy atom. The lowest BCUT2D eigenvalue weighted by Crippen LogP contribution is -2.78. The van der Waals surface area contributed by atoms with Crippen LogP contribution in [0.3, 0.4) is 0 Å². The number of phenolic OH excluding ortho intramolecular Hbond substituents is 1. The van der Waals surface area contributed by atoms with Crippen molar-refractivity contribution in [1.29, 1.82) is 0 Å². The SMILES string of the molecule is COc1c(O)ccc2c1[C@]13CCN(CC4CC4)[C@H](C2)[C@]12CC[C@@](OC)(C3)[C@@H]([C@](C)(O)C(C)(C)C)C2. The standard InChI is InChI=1S/C30H45NO4/c1-26(2,3)27(4,33)22-16-28-11-12-30(22,35-6)18-29(28)13-14-31(17-19-7-8-19)23(28)15-20-9-10-21(32)25(34-5)24(20)29/h9-10,19,22-23,32-33H,7-8,11-18H2,1-6H3/t22-,23-,27+,28-,29-,30-/m1/s1. The number of aliphatic hydroxyl groups is 1. The Labute approximate surface area is 211 Å². The van der Waals surface area contributed by atoms with Crippen LogP contribution in [0.2, 0.25) is 0 Å². The Bertz CT molecular complexity index is 1030. The van der Waals surface area contributed by atoms with Crippen molar-refractivity contribution in [1.82, 2.24) is 4.90 Å². The highest BCUT2D eigenvalue weighted by molar-refractivity contribution is 5.59. The van der Waals surface area contributed by atoms with E-state index in [2.05, 4.69) is 38.7 Å². The van der Waals surface area contributed by atoms with Crippen LogP contribution in [0.25, 0.3) is 0 Å². The molecule has 5 aliphatic carbocycles. The first-order valence-corrected chi connectivity index (χ1v) is 13.9. The van der Waals surface area contributed by atoms with Crippen molar-refractivity contribution in [3.63, 3.8) is 0 Å². The van der Waals surface area contributed by atoms with Gasteiger partial charge in [-0.05, 0) is 93.2 Å². The minimum atomic E-state index is -0.850. The monoisotopic (exact) mass is 483 g/mol. The van der Waals surface area contributed by atoms with Crippen molar-refractivity contribution >= 4 is 0 Å². The van der Waals surface area contributed by atoms with Gasteiger partial charge in [-0.2, -0.15) is 0 Å². The molecule has 4 bridgehead atoms. The number of aromatic hydroxyl groups is 1. The fraction of sp³-hybridized carbons (Fsp3) is 0.800. The third kappa shape index (κ3) is 2.98. The van der Waals surface area contributed by atoms with Gasteiger partial charge in [0.15, 0.2) is 11.5 Å². The average molecular weight is 484 g/mol. The van der Waals surface area contributed by atoms with E-state index in [4.69, 9.17) is 9.47 Å². The van der Waals surface area contributed by atoms with E-state index in [0.717, 1.165) is 51.0 Å². The van der Waals surface area contributed by atoms with Crippen molar-refractivity contribution in [2.24, 2.45) is 22.7 Å². The van der Waals surface area contributed by atoms with Crippen LogP contribution in [0.15, 0.2) is 12.1 Å². The normalized spacial score (nSPS) is 40.1. The van der Waals surface area contributed by atoms with Gasteiger partial charge in [-0.15, -0.1) is 0 Å². The molecule has 1 heterocycles. The zero-order valence-electron chi connectivity index (χ0n) is 22.6. The molecule has 35 heavy (non-hydrogen) atoms. The smallest absolute Gasteiger partial charge is 0.164 e. The molecular weight excluding hydrogens is 438 g/mol. The molecule has 4 saturated carbocycles. The summed E-state index contributed by atoms with van der Waals surface area (Å²) in [5.74, 6) is 1.85. The summed E-state index contributed by atoms with van der Waals surface area (Å²) in [6.07, 6.45) is 8.78. The van der Waals surface area contributed by atoms with Crippen LogP contribution in [0.4, 0.5) is 0 Å². The van der Waals surface area contributed by atoms with Crippen molar-refractivity contribution in [2.75, 3.05) is 27.3 Å². The van der Waals surface area contributed by atoms with E-state index in [9.17, 15) is 10.2 Å². The van der Waals surface area contributed by atoms with Crippen LogP contribution < -0.4 is 4.74 Å². The van der Waals surface area contributed by atoms with Crippen LogP contribution in [0.5, 0.6) is 11.5 Å². The van der Waals surface area contributed by atoms with Gasteiger partial charge in [0, 0.05) is 36.6 Å². The molecule has 1 aromatic carbocycles. The summed E-state index contributed by atoms with van der Waals surface area (Å²) in [5, 5.41) is 23.0. The van der Waals surface area contributed by atoms with Crippen molar-refractivity contribution in [3.05, 3.63) is 23.3 Å². The second kappa shape index (κ2) is 7.39. The predicted octanol–water partition coefficient (Wildman–Crippen LogP) is 5.05. The van der Waals surface area contributed by atoms with Gasteiger partial charge in [0.05, 0.1) is 18.3 Å². The Morgan fingerprint density at radius 1 is 1.09 bits per heavy atom. The fourth-order valence-corrected chi connectivity index (χ4v) is 9.30. The van der Waals surface area contributed by atoms with E-state index in [1.54, 1.807) is 7.11 Å². The molecule has 6 atom stereocenters. The quantitative estimate of drug-likeness (QED) is 0.614. The summed E-state index contributed by atoms with van der Waals surface area (Å²) in [4.78, 5) is 2.83. The summed E-state index contributed by atoms with van der Waals surface area (Å²) in [6.45, 7) is 10.9. The fourth-order valence-electron chi connectivity index (χ4n) is 9.30. The predicted molar refractivity (Wildman–Crippen MR) is 137 cm³/mol. The van der Waals surface area contributed by atoms with Gasteiger partial charge < -0.3 is 19.7 Å². The molecule has 0 aromatic heterocycles. The number of likely N-dealkylation sites (tertiary alicyclic amines) is 1. The van der Waals surface area contributed by atoms with Gasteiger partial charge >= 0.3 is 0 Å². The number of methoxy groups -OCH3 is 2. The maximum atomic E-state index is 12.1. The van der Waals surface area contributed by atoms with Crippen LogP contribution in [0, 0.1) is 22.7 Å². The van der Waals surface area contributed by atoms with E-state index in [-0.39, 0.29) is 33.5 Å². The lowest BCUT2D eigenvalue weighted by atomic mass is 9.33.